The van der Waals surface area contributed by atoms with Crippen molar-refractivity contribution >= 4 is 0 Å². The minimum absolute atomic E-state index is 0.0447. The largest absolute Gasteiger partial charge is 0.394 e. The number of aliphatic hydroxyl groups excluding tert-OH is 1. The molecule has 0 radical (unpaired) electrons. The SMILES string of the molecule is COCc1noc(CNC2(CO)CCc3ccccc32)n1. The van der Waals surface area contributed by atoms with Crippen LogP contribution in [0.4, 0.5) is 0 Å². The zero-order valence-electron chi connectivity index (χ0n) is 12.0. The molecule has 1 unspecified atom stereocenters. The first kappa shape index (κ1) is 14.2. The molecule has 6 heteroatoms. The highest BCUT2D eigenvalue weighted by Gasteiger charge is 2.37. The molecule has 112 valence electrons. The molecule has 3 rings (SSSR count). The molecule has 0 spiro atoms. The van der Waals surface area contributed by atoms with Gasteiger partial charge in [0, 0.05) is 7.11 Å². The van der Waals surface area contributed by atoms with Crippen molar-refractivity contribution in [3.05, 3.63) is 47.1 Å². The van der Waals surface area contributed by atoms with Gasteiger partial charge in [-0.1, -0.05) is 29.4 Å². The van der Waals surface area contributed by atoms with Gasteiger partial charge in [0.1, 0.15) is 6.61 Å². The lowest BCUT2D eigenvalue weighted by Crippen LogP contribution is -2.43. The zero-order valence-corrected chi connectivity index (χ0v) is 12.0. The first-order valence-electron chi connectivity index (χ1n) is 7.02. The summed E-state index contributed by atoms with van der Waals surface area (Å²) in [6, 6.07) is 8.20. The van der Waals surface area contributed by atoms with Crippen LogP contribution < -0.4 is 5.32 Å². The van der Waals surface area contributed by atoms with Crippen molar-refractivity contribution in [2.45, 2.75) is 31.5 Å². The highest BCUT2D eigenvalue weighted by Crippen LogP contribution is 2.36. The lowest BCUT2D eigenvalue weighted by molar-refractivity contribution is 0.154. The van der Waals surface area contributed by atoms with Crippen molar-refractivity contribution in [2.75, 3.05) is 13.7 Å². The molecular weight excluding hydrogens is 270 g/mol. The second-order valence-corrected chi connectivity index (χ2v) is 5.29. The molecule has 0 amide bonds. The summed E-state index contributed by atoms with van der Waals surface area (Å²) in [5.74, 6) is 1.03. The van der Waals surface area contributed by atoms with Gasteiger partial charge in [-0.2, -0.15) is 4.98 Å². The van der Waals surface area contributed by atoms with Crippen LogP contribution in [0.1, 0.15) is 29.3 Å². The molecule has 1 atom stereocenters. The Labute approximate surface area is 123 Å². The maximum atomic E-state index is 9.88. The molecule has 0 aliphatic heterocycles. The van der Waals surface area contributed by atoms with Gasteiger partial charge in [0.25, 0.3) is 0 Å². The summed E-state index contributed by atoms with van der Waals surface area (Å²) >= 11 is 0. The minimum atomic E-state index is -0.424. The molecule has 1 aliphatic carbocycles. The first-order chi connectivity index (χ1) is 10.3. The van der Waals surface area contributed by atoms with E-state index < -0.39 is 5.54 Å². The van der Waals surface area contributed by atoms with Crippen LogP contribution in [-0.2, 0) is 29.8 Å². The second-order valence-electron chi connectivity index (χ2n) is 5.29. The van der Waals surface area contributed by atoms with Crippen LogP contribution in [0.5, 0.6) is 0 Å². The van der Waals surface area contributed by atoms with Crippen LogP contribution in [0.3, 0.4) is 0 Å². The highest BCUT2D eigenvalue weighted by molar-refractivity contribution is 5.38. The Balaban J connectivity index is 1.73. The summed E-state index contributed by atoms with van der Waals surface area (Å²) in [5.41, 5.74) is 2.01. The van der Waals surface area contributed by atoms with Gasteiger partial charge in [-0.25, -0.2) is 0 Å². The molecule has 1 heterocycles. The van der Waals surface area contributed by atoms with Gasteiger partial charge >= 0.3 is 0 Å². The lowest BCUT2D eigenvalue weighted by Gasteiger charge is -2.29. The Kier molecular flexibility index (Phi) is 4.01. The number of benzene rings is 1. The standard InChI is InChI=1S/C15H19N3O3/c1-20-9-13-17-14(21-18-13)8-16-15(10-19)7-6-11-4-2-3-5-12(11)15/h2-5,16,19H,6-10H2,1H3. The van der Waals surface area contributed by atoms with Crippen molar-refractivity contribution < 1.29 is 14.4 Å². The van der Waals surface area contributed by atoms with Crippen LogP contribution in [0.25, 0.3) is 0 Å². The van der Waals surface area contributed by atoms with Crippen LogP contribution in [0.15, 0.2) is 28.8 Å². The molecule has 1 aliphatic rings. The summed E-state index contributed by atoms with van der Waals surface area (Å²) in [6.07, 6.45) is 1.82. The maximum Gasteiger partial charge on any atom is 0.240 e. The summed E-state index contributed by atoms with van der Waals surface area (Å²) < 4.78 is 10.1. The fourth-order valence-electron chi connectivity index (χ4n) is 2.89. The normalized spacial score (nSPS) is 20.7. The summed E-state index contributed by atoms with van der Waals surface area (Å²) in [5, 5.41) is 17.1. The molecule has 2 N–H and O–H groups in total. The number of aryl methyl sites for hydroxylation is 1. The van der Waals surface area contributed by atoms with E-state index in [-0.39, 0.29) is 6.61 Å². The fourth-order valence-corrected chi connectivity index (χ4v) is 2.89. The third-order valence-electron chi connectivity index (χ3n) is 3.99. The van der Waals surface area contributed by atoms with Gasteiger partial charge in [0.15, 0.2) is 5.82 Å². The van der Waals surface area contributed by atoms with Crippen LogP contribution in [0, 0.1) is 0 Å². The molecule has 21 heavy (non-hydrogen) atoms. The van der Waals surface area contributed by atoms with Gasteiger partial charge in [-0.15, -0.1) is 0 Å². The van der Waals surface area contributed by atoms with E-state index in [0.29, 0.717) is 24.9 Å². The Hall–Kier alpha value is -1.76. The summed E-state index contributed by atoms with van der Waals surface area (Å²) in [6.45, 7) is 0.798. The monoisotopic (exact) mass is 289 g/mol. The average Bonchev–Trinajstić information content (AvgIpc) is 3.11. The molecule has 1 aromatic heterocycles. The number of aliphatic hydroxyl groups is 1. The second kappa shape index (κ2) is 5.93. The number of nitrogens with zero attached hydrogens (tertiary/aromatic N) is 2. The van der Waals surface area contributed by atoms with Crippen molar-refractivity contribution in [1.82, 2.24) is 15.5 Å². The Morgan fingerprint density at radius 3 is 3.10 bits per heavy atom. The highest BCUT2D eigenvalue weighted by atomic mass is 16.5. The Morgan fingerprint density at radius 1 is 1.43 bits per heavy atom. The topological polar surface area (TPSA) is 80.4 Å². The smallest absolute Gasteiger partial charge is 0.240 e. The number of hydrogen-bond acceptors (Lipinski definition) is 6. The molecule has 0 saturated carbocycles. The van der Waals surface area contributed by atoms with E-state index in [4.69, 9.17) is 9.26 Å². The van der Waals surface area contributed by atoms with Gasteiger partial charge in [-0.05, 0) is 24.0 Å². The summed E-state index contributed by atoms with van der Waals surface area (Å²) in [4.78, 5) is 4.24. The molecule has 1 aromatic carbocycles. The van der Waals surface area contributed by atoms with E-state index >= 15 is 0 Å². The first-order valence-corrected chi connectivity index (χ1v) is 7.02. The van der Waals surface area contributed by atoms with Crippen molar-refractivity contribution in [3.8, 4) is 0 Å². The van der Waals surface area contributed by atoms with E-state index in [1.54, 1.807) is 7.11 Å². The number of methoxy groups -OCH3 is 1. The molecule has 0 saturated heterocycles. The maximum absolute atomic E-state index is 9.88. The molecular formula is C15H19N3O3. The summed E-state index contributed by atoms with van der Waals surface area (Å²) in [7, 11) is 1.59. The van der Waals surface area contributed by atoms with E-state index in [1.165, 1.54) is 5.56 Å². The average molecular weight is 289 g/mol. The number of nitrogens with one attached hydrogen (secondary N) is 1. The Morgan fingerprint density at radius 2 is 2.29 bits per heavy atom. The predicted octanol–water partition coefficient (Wildman–Crippen LogP) is 1.14. The van der Waals surface area contributed by atoms with Gasteiger partial charge < -0.3 is 14.4 Å². The lowest BCUT2D eigenvalue weighted by atomic mass is 9.92. The molecule has 0 bridgehead atoms. The number of aromatic nitrogens is 2. The molecule has 6 nitrogen and oxygen atoms in total. The number of fused-ring (bicyclic) bond motifs is 1. The zero-order chi connectivity index (χ0) is 14.7. The van der Waals surface area contributed by atoms with E-state index in [2.05, 4.69) is 27.6 Å². The van der Waals surface area contributed by atoms with Crippen LogP contribution in [-0.4, -0.2) is 29.0 Å². The van der Waals surface area contributed by atoms with Crippen molar-refractivity contribution in [1.29, 1.82) is 0 Å². The van der Waals surface area contributed by atoms with Gasteiger partial charge in [0.2, 0.25) is 5.89 Å². The van der Waals surface area contributed by atoms with E-state index in [9.17, 15) is 5.11 Å². The van der Waals surface area contributed by atoms with Crippen molar-refractivity contribution in [3.63, 3.8) is 0 Å². The van der Waals surface area contributed by atoms with Crippen molar-refractivity contribution in [2.24, 2.45) is 0 Å². The van der Waals surface area contributed by atoms with Crippen LogP contribution in [0.2, 0.25) is 0 Å². The fraction of sp³-hybridized carbons (Fsp3) is 0.467. The quantitative estimate of drug-likeness (QED) is 0.830. The molecule has 0 fully saturated rings. The number of hydrogen-bond donors (Lipinski definition) is 2. The Bertz CT molecular complexity index is 614. The third kappa shape index (κ3) is 2.70. The van der Waals surface area contributed by atoms with E-state index in [0.717, 1.165) is 18.4 Å². The van der Waals surface area contributed by atoms with Gasteiger partial charge in [0.05, 0.1) is 18.7 Å². The number of rotatable bonds is 6. The van der Waals surface area contributed by atoms with Crippen LogP contribution >= 0.6 is 0 Å². The minimum Gasteiger partial charge on any atom is -0.394 e. The molecule has 2 aromatic rings. The number of ether oxygens (including phenoxy) is 1. The predicted molar refractivity (Wildman–Crippen MR) is 75.4 cm³/mol. The van der Waals surface area contributed by atoms with Gasteiger partial charge in [-0.3, -0.25) is 5.32 Å². The van der Waals surface area contributed by atoms with E-state index in [1.807, 2.05) is 12.1 Å². The third-order valence-corrected chi connectivity index (χ3v) is 3.99.